The molecule has 0 atom stereocenters. The first kappa shape index (κ1) is 16.3. The number of halogens is 1. The number of phenolic OH excluding ortho intramolecular Hbond substituents is 1. The van der Waals surface area contributed by atoms with Crippen molar-refractivity contribution in [1.29, 1.82) is 0 Å². The van der Waals surface area contributed by atoms with E-state index in [9.17, 15) is 17.9 Å². The molecule has 0 aromatic heterocycles. The number of sulfonamides is 1. The molecule has 0 bridgehead atoms. The topological polar surface area (TPSA) is 66.4 Å². The molecular weight excluding hydrogens is 305 g/mol. The van der Waals surface area contributed by atoms with Crippen LogP contribution in [0.4, 0.5) is 10.1 Å². The maximum Gasteiger partial charge on any atom is 0.233 e. The van der Waals surface area contributed by atoms with Crippen LogP contribution in [-0.4, -0.2) is 19.3 Å². The SMILES string of the molecule is Cc1cc(C)c(O)c(NS(=O)(=O)CCc2cccc(F)c2)c1. The van der Waals surface area contributed by atoms with Gasteiger partial charge in [0.15, 0.2) is 0 Å². The highest BCUT2D eigenvalue weighted by molar-refractivity contribution is 7.92. The highest BCUT2D eigenvalue weighted by Crippen LogP contribution is 2.29. The zero-order valence-electron chi connectivity index (χ0n) is 12.4. The Morgan fingerprint density at radius 2 is 1.91 bits per heavy atom. The van der Waals surface area contributed by atoms with Crippen LogP contribution in [0.15, 0.2) is 36.4 Å². The lowest BCUT2D eigenvalue weighted by Crippen LogP contribution is -2.18. The lowest BCUT2D eigenvalue weighted by atomic mass is 10.1. The minimum absolute atomic E-state index is 0.0834. The van der Waals surface area contributed by atoms with Gasteiger partial charge in [0.2, 0.25) is 10.0 Å². The van der Waals surface area contributed by atoms with Gasteiger partial charge < -0.3 is 5.11 Å². The third kappa shape index (κ3) is 4.21. The summed E-state index contributed by atoms with van der Waals surface area (Å²) in [5, 5.41) is 9.93. The molecule has 0 fully saturated rings. The molecule has 0 unspecified atom stereocenters. The van der Waals surface area contributed by atoms with Crippen LogP contribution >= 0.6 is 0 Å². The largest absolute Gasteiger partial charge is 0.505 e. The Bertz CT molecular complexity index is 788. The summed E-state index contributed by atoms with van der Waals surface area (Å²) in [5.74, 6) is -0.669. The first-order valence-corrected chi connectivity index (χ1v) is 8.47. The fraction of sp³-hybridized carbons (Fsp3) is 0.250. The van der Waals surface area contributed by atoms with E-state index in [-0.39, 0.29) is 23.6 Å². The van der Waals surface area contributed by atoms with Crippen LogP contribution in [0.5, 0.6) is 5.75 Å². The summed E-state index contributed by atoms with van der Waals surface area (Å²) in [4.78, 5) is 0. The molecule has 4 nitrogen and oxygen atoms in total. The van der Waals surface area contributed by atoms with E-state index in [4.69, 9.17) is 0 Å². The molecule has 6 heteroatoms. The number of phenols is 1. The summed E-state index contributed by atoms with van der Waals surface area (Å²) in [6.45, 7) is 3.52. The molecule has 22 heavy (non-hydrogen) atoms. The fourth-order valence-corrected chi connectivity index (χ4v) is 3.30. The zero-order valence-corrected chi connectivity index (χ0v) is 13.2. The molecule has 0 aliphatic rings. The molecule has 0 heterocycles. The predicted molar refractivity (Wildman–Crippen MR) is 85.1 cm³/mol. The van der Waals surface area contributed by atoms with Gasteiger partial charge in [0.1, 0.15) is 11.6 Å². The lowest BCUT2D eigenvalue weighted by Gasteiger charge is -2.12. The van der Waals surface area contributed by atoms with Crippen molar-refractivity contribution in [2.24, 2.45) is 0 Å². The van der Waals surface area contributed by atoms with Gasteiger partial charge in [-0.2, -0.15) is 0 Å². The number of anilines is 1. The molecular formula is C16H18FNO3S. The Balaban J connectivity index is 2.12. The standard InChI is InChI=1S/C16H18FNO3S/c1-11-8-12(2)16(19)15(9-11)18-22(20,21)7-6-13-4-3-5-14(17)10-13/h3-5,8-10,18-19H,6-7H2,1-2H3. The van der Waals surface area contributed by atoms with Crippen LogP contribution in [-0.2, 0) is 16.4 Å². The van der Waals surface area contributed by atoms with Crippen LogP contribution in [0.1, 0.15) is 16.7 Å². The molecule has 0 saturated carbocycles. The number of nitrogens with one attached hydrogen (secondary N) is 1. The maximum atomic E-state index is 13.1. The Hall–Kier alpha value is -2.08. The molecule has 0 radical (unpaired) electrons. The first-order chi connectivity index (χ1) is 10.3. The van der Waals surface area contributed by atoms with Gasteiger partial charge in [0.25, 0.3) is 0 Å². The van der Waals surface area contributed by atoms with Gasteiger partial charge in [-0.1, -0.05) is 18.2 Å². The molecule has 0 aliphatic heterocycles. The number of aromatic hydroxyl groups is 1. The summed E-state index contributed by atoms with van der Waals surface area (Å²) >= 11 is 0. The molecule has 0 aliphatic carbocycles. The second-order valence-electron chi connectivity index (χ2n) is 5.28. The number of hydrogen-bond donors (Lipinski definition) is 2. The Morgan fingerprint density at radius 1 is 1.18 bits per heavy atom. The van der Waals surface area contributed by atoms with Crippen molar-refractivity contribution in [2.75, 3.05) is 10.5 Å². The quantitative estimate of drug-likeness (QED) is 0.831. The molecule has 2 N–H and O–H groups in total. The smallest absolute Gasteiger partial charge is 0.233 e. The van der Waals surface area contributed by atoms with E-state index in [0.29, 0.717) is 11.1 Å². The summed E-state index contributed by atoms with van der Waals surface area (Å²) < 4.78 is 39.7. The highest BCUT2D eigenvalue weighted by Gasteiger charge is 2.15. The number of aryl methyl sites for hydroxylation is 3. The van der Waals surface area contributed by atoms with E-state index in [2.05, 4.69) is 4.72 Å². The van der Waals surface area contributed by atoms with Crippen LogP contribution in [0, 0.1) is 19.7 Å². The third-order valence-electron chi connectivity index (χ3n) is 3.26. The minimum Gasteiger partial charge on any atom is -0.505 e. The number of rotatable bonds is 5. The highest BCUT2D eigenvalue weighted by atomic mass is 32.2. The predicted octanol–water partition coefficient (Wildman–Crippen LogP) is 3.13. The summed E-state index contributed by atoms with van der Waals surface area (Å²) in [6, 6.07) is 9.17. The van der Waals surface area contributed by atoms with Gasteiger partial charge >= 0.3 is 0 Å². The molecule has 0 saturated heterocycles. The fourth-order valence-electron chi connectivity index (χ4n) is 2.20. The lowest BCUT2D eigenvalue weighted by molar-refractivity contribution is 0.473. The summed E-state index contributed by atoms with van der Waals surface area (Å²) in [6.07, 6.45) is 0.193. The Morgan fingerprint density at radius 3 is 2.59 bits per heavy atom. The normalized spacial score (nSPS) is 11.4. The van der Waals surface area contributed by atoms with E-state index in [1.54, 1.807) is 31.2 Å². The number of benzene rings is 2. The van der Waals surface area contributed by atoms with Gasteiger partial charge in [0, 0.05) is 0 Å². The van der Waals surface area contributed by atoms with Crippen molar-refractivity contribution in [3.8, 4) is 5.75 Å². The molecule has 118 valence electrons. The van der Waals surface area contributed by atoms with Crippen LogP contribution in [0.25, 0.3) is 0 Å². The maximum absolute atomic E-state index is 13.1. The van der Waals surface area contributed by atoms with E-state index in [1.807, 2.05) is 6.92 Å². The van der Waals surface area contributed by atoms with Gasteiger partial charge in [-0.05, 0) is 55.2 Å². The van der Waals surface area contributed by atoms with Gasteiger partial charge in [0.05, 0.1) is 11.4 Å². The van der Waals surface area contributed by atoms with E-state index >= 15 is 0 Å². The van der Waals surface area contributed by atoms with Crippen molar-refractivity contribution in [3.63, 3.8) is 0 Å². The van der Waals surface area contributed by atoms with E-state index in [0.717, 1.165) is 5.56 Å². The van der Waals surface area contributed by atoms with E-state index in [1.165, 1.54) is 12.1 Å². The minimum atomic E-state index is -3.63. The number of hydrogen-bond acceptors (Lipinski definition) is 3. The molecule has 2 aromatic carbocycles. The monoisotopic (exact) mass is 323 g/mol. The third-order valence-corrected chi connectivity index (χ3v) is 4.53. The van der Waals surface area contributed by atoms with Gasteiger partial charge in [-0.3, -0.25) is 4.72 Å². The molecule has 0 spiro atoms. The van der Waals surface area contributed by atoms with Gasteiger partial charge in [-0.15, -0.1) is 0 Å². The van der Waals surface area contributed by atoms with Crippen molar-refractivity contribution in [2.45, 2.75) is 20.3 Å². The zero-order chi connectivity index (χ0) is 16.3. The molecule has 2 rings (SSSR count). The van der Waals surface area contributed by atoms with Crippen molar-refractivity contribution >= 4 is 15.7 Å². The second-order valence-corrected chi connectivity index (χ2v) is 7.12. The van der Waals surface area contributed by atoms with Crippen LogP contribution in [0.3, 0.4) is 0 Å². The molecule has 0 amide bonds. The first-order valence-electron chi connectivity index (χ1n) is 6.82. The second kappa shape index (κ2) is 6.36. The van der Waals surface area contributed by atoms with Gasteiger partial charge in [-0.25, -0.2) is 12.8 Å². The van der Waals surface area contributed by atoms with Crippen molar-refractivity contribution < 1.29 is 17.9 Å². The summed E-state index contributed by atoms with van der Waals surface area (Å²) in [5.41, 5.74) is 2.22. The molecule has 2 aromatic rings. The van der Waals surface area contributed by atoms with Crippen LogP contribution < -0.4 is 4.72 Å². The Kier molecular flexibility index (Phi) is 4.71. The average Bonchev–Trinajstić information content (AvgIpc) is 2.42. The average molecular weight is 323 g/mol. The van der Waals surface area contributed by atoms with Crippen molar-refractivity contribution in [3.05, 3.63) is 58.9 Å². The Labute approximate surface area is 129 Å². The summed E-state index contributed by atoms with van der Waals surface area (Å²) in [7, 11) is -3.63. The van der Waals surface area contributed by atoms with Crippen molar-refractivity contribution in [1.82, 2.24) is 0 Å². The van der Waals surface area contributed by atoms with E-state index < -0.39 is 15.8 Å². The van der Waals surface area contributed by atoms with Crippen LogP contribution in [0.2, 0.25) is 0 Å².